The molecule has 0 fully saturated rings. The van der Waals surface area contributed by atoms with Crippen LogP contribution in [-0.2, 0) is 0 Å². The summed E-state index contributed by atoms with van der Waals surface area (Å²) >= 11 is 0. The van der Waals surface area contributed by atoms with E-state index in [0.717, 1.165) is 6.07 Å². The number of nitrogens with one attached hydrogen (secondary N) is 2. The Morgan fingerprint density at radius 1 is 1.28 bits per heavy atom. The van der Waals surface area contributed by atoms with Gasteiger partial charge in [0.1, 0.15) is 5.82 Å². The molecule has 1 rings (SSSR count). The summed E-state index contributed by atoms with van der Waals surface area (Å²) < 4.78 is 13.5. The van der Waals surface area contributed by atoms with Gasteiger partial charge in [-0.15, -0.1) is 0 Å². The molecule has 0 aliphatic heterocycles. The van der Waals surface area contributed by atoms with Gasteiger partial charge in [-0.2, -0.15) is 0 Å². The average molecular weight is 254 g/mol. The molecule has 1 aromatic rings. The molecule has 0 unspecified atom stereocenters. The predicted molar refractivity (Wildman–Crippen MR) is 65.3 cm³/mol. The molecule has 0 aliphatic rings. The summed E-state index contributed by atoms with van der Waals surface area (Å²) in [6.07, 6.45) is 0. The number of carboxylic acid groups (broad SMARTS) is 1. The SMILES string of the molecule is CC(C)(C)NC(=O)Nc1ccc(C(=O)O)cc1F. The summed E-state index contributed by atoms with van der Waals surface area (Å²) in [7, 11) is 0. The molecule has 98 valence electrons. The highest BCUT2D eigenvalue weighted by Gasteiger charge is 2.15. The Kier molecular flexibility index (Phi) is 3.90. The maximum atomic E-state index is 13.5. The number of amides is 2. The summed E-state index contributed by atoms with van der Waals surface area (Å²) in [5.74, 6) is -2.02. The first-order valence-corrected chi connectivity index (χ1v) is 5.31. The second kappa shape index (κ2) is 5.03. The van der Waals surface area contributed by atoms with Crippen LogP contribution in [0.5, 0.6) is 0 Å². The number of halogens is 1. The van der Waals surface area contributed by atoms with Crippen LogP contribution in [0.4, 0.5) is 14.9 Å². The highest BCUT2D eigenvalue weighted by atomic mass is 19.1. The van der Waals surface area contributed by atoms with Crippen molar-refractivity contribution in [2.24, 2.45) is 0 Å². The number of aromatic carboxylic acids is 1. The summed E-state index contributed by atoms with van der Waals surface area (Å²) in [6, 6.07) is 2.73. The first kappa shape index (κ1) is 14.0. The van der Waals surface area contributed by atoms with Crippen molar-refractivity contribution in [1.29, 1.82) is 0 Å². The maximum absolute atomic E-state index is 13.5. The number of carbonyl (C=O) groups excluding carboxylic acids is 1. The number of hydrogen-bond donors (Lipinski definition) is 3. The van der Waals surface area contributed by atoms with Crippen molar-refractivity contribution in [3.8, 4) is 0 Å². The molecule has 0 aromatic heterocycles. The van der Waals surface area contributed by atoms with Crippen molar-refractivity contribution >= 4 is 17.7 Å². The molecule has 18 heavy (non-hydrogen) atoms. The van der Waals surface area contributed by atoms with Crippen LogP contribution in [0, 0.1) is 5.82 Å². The standard InChI is InChI=1S/C12H15FN2O3/c1-12(2,3)15-11(18)14-9-5-4-7(10(16)17)6-8(9)13/h4-6H,1-3H3,(H,16,17)(H2,14,15,18). The number of rotatable bonds is 2. The molecule has 3 N–H and O–H groups in total. The quantitative estimate of drug-likeness (QED) is 0.758. The molecule has 0 bridgehead atoms. The van der Waals surface area contributed by atoms with Crippen molar-refractivity contribution in [2.45, 2.75) is 26.3 Å². The Morgan fingerprint density at radius 3 is 2.33 bits per heavy atom. The van der Waals surface area contributed by atoms with Crippen LogP contribution in [0.25, 0.3) is 0 Å². The minimum atomic E-state index is -1.22. The zero-order valence-corrected chi connectivity index (χ0v) is 10.4. The fraction of sp³-hybridized carbons (Fsp3) is 0.333. The molecule has 5 nitrogen and oxygen atoms in total. The predicted octanol–water partition coefficient (Wildman–Crippen LogP) is 2.44. The summed E-state index contributed by atoms with van der Waals surface area (Å²) in [4.78, 5) is 22.1. The lowest BCUT2D eigenvalue weighted by atomic mass is 10.1. The molecular weight excluding hydrogens is 239 g/mol. The van der Waals surface area contributed by atoms with Gasteiger partial charge in [-0.05, 0) is 39.0 Å². The van der Waals surface area contributed by atoms with Crippen molar-refractivity contribution in [2.75, 3.05) is 5.32 Å². The van der Waals surface area contributed by atoms with Gasteiger partial charge in [0, 0.05) is 5.54 Å². The van der Waals surface area contributed by atoms with E-state index in [2.05, 4.69) is 10.6 Å². The van der Waals surface area contributed by atoms with Crippen molar-refractivity contribution < 1.29 is 19.1 Å². The van der Waals surface area contributed by atoms with E-state index < -0.39 is 23.4 Å². The first-order valence-electron chi connectivity index (χ1n) is 5.31. The van der Waals surface area contributed by atoms with E-state index in [1.165, 1.54) is 12.1 Å². The van der Waals surface area contributed by atoms with Crippen LogP contribution >= 0.6 is 0 Å². The second-order valence-electron chi connectivity index (χ2n) is 4.83. The van der Waals surface area contributed by atoms with Crippen molar-refractivity contribution in [3.05, 3.63) is 29.6 Å². The van der Waals surface area contributed by atoms with E-state index in [1.807, 2.05) is 0 Å². The molecule has 0 radical (unpaired) electrons. The van der Waals surface area contributed by atoms with E-state index >= 15 is 0 Å². The minimum Gasteiger partial charge on any atom is -0.478 e. The number of urea groups is 1. The molecule has 0 spiro atoms. The Morgan fingerprint density at radius 2 is 1.89 bits per heavy atom. The van der Waals surface area contributed by atoms with Crippen LogP contribution in [0.2, 0.25) is 0 Å². The monoisotopic (exact) mass is 254 g/mol. The lowest BCUT2D eigenvalue weighted by Crippen LogP contribution is -2.43. The molecule has 0 saturated heterocycles. The number of carbonyl (C=O) groups is 2. The molecule has 6 heteroatoms. The van der Waals surface area contributed by atoms with Gasteiger partial charge in [-0.1, -0.05) is 0 Å². The van der Waals surface area contributed by atoms with Gasteiger partial charge in [0.2, 0.25) is 0 Å². The highest BCUT2D eigenvalue weighted by molar-refractivity contribution is 5.92. The van der Waals surface area contributed by atoms with Gasteiger partial charge < -0.3 is 15.7 Å². The molecule has 1 aromatic carbocycles. The first-order chi connectivity index (χ1) is 8.19. The van der Waals surface area contributed by atoms with E-state index in [9.17, 15) is 14.0 Å². The van der Waals surface area contributed by atoms with Gasteiger partial charge in [-0.3, -0.25) is 0 Å². The smallest absolute Gasteiger partial charge is 0.335 e. The van der Waals surface area contributed by atoms with Crippen LogP contribution in [0.3, 0.4) is 0 Å². The normalized spacial score (nSPS) is 10.9. The third-order valence-electron chi connectivity index (χ3n) is 1.95. The van der Waals surface area contributed by atoms with Crippen LogP contribution in [0.1, 0.15) is 31.1 Å². The lowest BCUT2D eigenvalue weighted by Gasteiger charge is -2.20. The van der Waals surface area contributed by atoms with Crippen molar-refractivity contribution in [3.63, 3.8) is 0 Å². The third kappa shape index (κ3) is 4.04. The lowest BCUT2D eigenvalue weighted by molar-refractivity contribution is 0.0696. The van der Waals surface area contributed by atoms with E-state index in [1.54, 1.807) is 20.8 Å². The zero-order valence-electron chi connectivity index (χ0n) is 10.4. The van der Waals surface area contributed by atoms with Gasteiger partial charge in [-0.25, -0.2) is 14.0 Å². The minimum absolute atomic E-state index is 0.0678. The highest BCUT2D eigenvalue weighted by Crippen LogP contribution is 2.16. The number of hydrogen-bond acceptors (Lipinski definition) is 2. The van der Waals surface area contributed by atoms with E-state index in [-0.39, 0.29) is 11.3 Å². The Bertz CT molecular complexity index is 481. The fourth-order valence-electron chi connectivity index (χ4n) is 1.24. The number of carboxylic acids is 1. The van der Waals surface area contributed by atoms with Crippen molar-refractivity contribution in [1.82, 2.24) is 5.32 Å². The van der Waals surface area contributed by atoms with E-state index in [0.29, 0.717) is 0 Å². The third-order valence-corrected chi connectivity index (χ3v) is 1.95. The van der Waals surface area contributed by atoms with Gasteiger partial charge in [0.25, 0.3) is 0 Å². The van der Waals surface area contributed by atoms with E-state index in [4.69, 9.17) is 5.11 Å². The average Bonchev–Trinajstić information content (AvgIpc) is 2.17. The molecule has 0 atom stereocenters. The maximum Gasteiger partial charge on any atom is 0.335 e. The summed E-state index contributed by atoms with van der Waals surface area (Å²) in [5.41, 5.74) is -0.683. The van der Waals surface area contributed by atoms with Gasteiger partial charge in [0.15, 0.2) is 0 Å². The van der Waals surface area contributed by atoms with Gasteiger partial charge in [0.05, 0.1) is 11.3 Å². The largest absolute Gasteiger partial charge is 0.478 e. The summed E-state index contributed by atoms with van der Waals surface area (Å²) in [6.45, 7) is 5.36. The Labute approximate surface area is 104 Å². The van der Waals surface area contributed by atoms with Crippen LogP contribution in [0.15, 0.2) is 18.2 Å². The Hall–Kier alpha value is -2.11. The summed E-state index contributed by atoms with van der Waals surface area (Å²) in [5, 5.41) is 13.6. The molecular formula is C12H15FN2O3. The Balaban J connectivity index is 2.80. The van der Waals surface area contributed by atoms with Crippen LogP contribution < -0.4 is 10.6 Å². The second-order valence-corrected chi connectivity index (χ2v) is 4.83. The fourth-order valence-corrected chi connectivity index (χ4v) is 1.24. The number of benzene rings is 1. The molecule has 2 amide bonds. The topological polar surface area (TPSA) is 78.4 Å². The number of anilines is 1. The van der Waals surface area contributed by atoms with Crippen LogP contribution in [-0.4, -0.2) is 22.6 Å². The molecule has 0 heterocycles. The zero-order chi connectivity index (χ0) is 13.9. The molecule has 0 saturated carbocycles. The van der Waals surface area contributed by atoms with Gasteiger partial charge >= 0.3 is 12.0 Å². The molecule has 0 aliphatic carbocycles.